The van der Waals surface area contributed by atoms with Crippen LogP contribution in [0.5, 0.6) is 0 Å². The Balaban J connectivity index is 2.38. The van der Waals surface area contributed by atoms with Gasteiger partial charge in [-0.2, -0.15) is 0 Å². The zero-order valence-corrected chi connectivity index (χ0v) is 12.5. The van der Waals surface area contributed by atoms with Crippen LogP contribution in [0.25, 0.3) is 0 Å². The molecule has 0 saturated heterocycles. The Labute approximate surface area is 127 Å². The van der Waals surface area contributed by atoms with Gasteiger partial charge in [-0.05, 0) is 34.1 Å². The largest absolute Gasteiger partial charge is 0.478 e. The summed E-state index contributed by atoms with van der Waals surface area (Å²) in [6, 6.07) is 2.45. The predicted molar refractivity (Wildman–Crippen MR) is 73.9 cm³/mol. The highest BCUT2D eigenvalue weighted by atomic mass is 79.9. The number of hydrogen-bond donors (Lipinski definition) is 2. The molecule has 0 unspecified atom stereocenters. The molecule has 0 amide bonds. The molecule has 1 aromatic carbocycles. The Hall–Kier alpha value is -2.07. The molecule has 0 fully saturated rings. The van der Waals surface area contributed by atoms with Crippen molar-refractivity contribution in [2.24, 2.45) is 0 Å². The molecule has 0 aliphatic rings. The molecule has 1 aromatic heterocycles. The van der Waals surface area contributed by atoms with Gasteiger partial charge in [0.1, 0.15) is 10.4 Å². The number of anilines is 1. The number of carboxylic acids is 1. The topological polar surface area (TPSA) is 109 Å². The van der Waals surface area contributed by atoms with Gasteiger partial charge >= 0.3 is 5.97 Å². The van der Waals surface area contributed by atoms with Crippen LogP contribution in [0, 0.1) is 5.82 Å². The van der Waals surface area contributed by atoms with E-state index in [4.69, 9.17) is 5.11 Å². The van der Waals surface area contributed by atoms with Gasteiger partial charge in [0.2, 0.25) is 0 Å². The molecule has 1 heterocycles. The van der Waals surface area contributed by atoms with Crippen molar-refractivity contribution in [3.8, 4) is 0 Å². The minimum atomic E-state index is -4.10. The number of nitrogens with zero attached hydrogens (tertiary/aromatic N) is 2. The molecule has 0 saturated carbocycles. The Morgan fingerprint density at radius 1 is 1.29 bits per heavy atom. The summed E-state index contributed by atoms with van der Waals surface area (Å²) in [5.41, 5.74) is -0.736. The molecule has 2 rings (SSSR count). The molecule has 21 heavy (non-hydrogen) atoms. The summed E-state index contributed by atoms with van der Waals surface area (Å²) in [6.45, 7) is 0. The van der Waals surface area contributed by atoms with Crippen molar-refractivity contribution in [3.05, 3.63) is 46.6 Å². The van der Waals surface area contributed by atoms with Gasteiger partial charge in [-0.25, -0.2) is 27.6 Å². The minimum absolute atomic E-state index is 0.0561. The van der Waals surface area contributed by atoms with Crippen LogP contribution in [0.2, 0.25) is 0 Å². The van der Waals surface area contributed by atoms with Crippen molar-refractivity contribution in [2.75, 3.05) is 4.72 Å². The number of halogens is 2. The van der Waals surface area contributed by atoms with Crippen LogP contribution in [0.1, 0.15) is 10.4 Å². The molecule has 0 bridgehead atoms. The number of carbonyl (C=O) groups is 1. The van der Waals surface area contributed by atoms with Gasteiger partial charge in [0.25, 0.3) is 10.0 Å². The quantitative estimate of drug-likeness (QED) is 0.843. The van der Waals surface area contributed by atoms with E-state index in [1.54, 1.807) is 0 Å². The third-order valence-corrected chi connectivity index (χ3v) is 4.10. The van der Waals surface area contributed by atoms with Crippen molar-refractivity contribution in [2.45, 2.75) is 4.90 Å². The van der Waals surface area contributed by atoms with E-state index in [0.717, 1.165) is 18.2 Å². The number of hydrogen-bond acceptors (Lipinski definition) is 5. The molecule has 7 nitrogen and oxygen atoms in total. The highest BCUT2D eigenvalue weighted by Crippen LogP contribution is 2.18. The van der Waals surface area contributed by atoms with E-state index in [-0.39, 0.29) is 5.82 Å². The molecular formula is C11H7BrFN3O4S. The van der Waals surface area contributed by atoms with Gasteiger partial charge in [-0.1, -0.05) is 0 Å². The van der Waals surface area contributed by atoms with Crippen molar-refractivity contribution >= 4 is 37.7 Å². The second-order valence-electron chi connectivity index (χ2n) is 3.78. The Morgan fingerprint density at radius 2 is 2.00 bits per heavy atom. The van der Waals surface area contributed by atoms with Crippen molar-refractivity contribution in [1.82, 2.24) is 9.97 Å². The summed E-state index contributed by atoms with van der Waals surface area (Å²) >= 11 is 3.05. The third kappa shape index (κ3) is 3.52. The lowest BCUT2D eigenvalue weighted by Crippen LogP contribution is -2.15. The number of rotatable bonds is 4. The summed E-state index contributed by atoms with van der Waals surface area (Å²) in [5, 5.41) is 8.79. The van der Waals surface area contributed by atoms with Crippen molar-refractivity contribution in [1.29, 1.82) is 0 Å². The van der Waals surface area contributed by atoms with Crippen LogP contribution >= 0.6 is 15.9 Å². The van der Waals surface area contributed by atoms with Gasteiger partial charge in [0.05, 0.1) is 22.9 Å². The van der Waals surface area contributed by atoms with E-state index in [9.17, 15) is 17.6 Å². The maximum Gasteiger partial charge on any atom is 0.338 e. The monoisotopic (exact) mass is 375 g/mol. The average Bonchev–Trinajstić information content (AvgIpc) is 2.41. The van der Waals surface area contributed by atoms with Crippen molar-refractivity contribution in [3.63, 3.8) is 0 Å². The third-order valence-electron chi connectivity index (χ3n) is 2.34. The summed E-state index contributed by atoms with van der Waals surface area (Å²) in [7, 11) is -4.10. The van der Waals surface area contributed by atoms with E-state index in [0.29, 0.717) is 4.60 Å². The molecule has 110 valence electrons. The molecule has 2 N–H and O–H groups in total. The van der Waals surface area contributed by atoms with Crippen LogP contribution in [-0.2, 0) is 10.0 Å². The first kappa shape index (κ1) is 15.3. The molecule has 2 aromatic rings. The molecule has 0 aliphatic heterocycles. The summed E-state index contributed by atoms with van der Waals surface area (Å²) in [5.74, 6) is -2.64. The maximum atomic E-state index is 13.3. The van der Waals surface area contributed by atoms with Crippen LogP contribution in [-0.4, -0.2) is 29.5 Å². The van der Waals surface area contributed by atoms with Crippen LogP contribution in [0.4, 0.5) is 10.2 Å². The second kappa shape index (κ2) is 5.74. The average molecular weight is 376 g/mol. The maximum absolute atomic E-state index is 13.3. The number of nitrogens with one attached hydrogen (secondary N) is 1. The van der Waals surface area contributed by atoms with Gasteiger partial charge in [-0.15, -0.1) is 0 Å². The fourth-order valence-corrected chi connectivity index (χ4v) is 2.62. The summed E-state index contributed by atoms with van der Waals surface area (Å²) in [6.07, 6.45) is 2.45. The summed E-state index contributed by atoms with van der Waals surface area (Å²) < 4.78 is 39.9. The van der Waals surface area contributed by atoms with E-state index in [2.05, 4.69) is 30.6 Å². The minimum Gasteiger partial charge on any atom is -0.478 e. The lowest BCUT2D eigenvalue weighted by atomic mass is 10.2. The highest BCUT2D eigenvalue weighted by Gasteiger charge is 2.19. The standard InChI is InChI=1S/C11H7BrFN3O4S/c12-9-4-15-10(5-14-9)16-21(19,20)6-1-2-8(13)7(3-6)11(17)18/h1-5H,(H,15,16)(H,17,18). The first-order chi connectivity index (χ1) is 9.79. The number of aromatic nitrogens is 2. The fourth-order valence-electron chi connectivity index (χ4n) is 1.40. The SMILES string of the molecule is O=C(O)c1cc(S(=O)(=O)Nc2cnc(Br)cn2)ccc1F. The number of aromatic carboxylic acids is 1. The Morgan fingerprint density at radius 3 is 2.57 bits per heavy atom. The van der Waals surface area contributed by atoms with Gasteiger partial charge in [0.15, 0.2) is 5.82 Å². The van der Waals surface area contributed by atoms with Gasteiger partial charge < -0.3 is 5.11 Å². The molecule has 10 heteroatoms. The van der Waals surface area contributed by atoms with Gasteiger partial charge in [0, 0.05) is 0 Å². The second-order valence-corrected chi connectivity index (χ2v) is 6.27. The van der Waals surface area contributed by atoms with Crippen LogP contribution in [0.15, 0.2) is 40.1 Å². The molecule has 0 aliphatic carbocycles. The lowest BCUT2D eigenvalue weighted by molar-refractivity contribution is 0.0691. The highest BCUT2D eigenvalue weighted by molar-refractivity contribution is 9.10. The van der Waals surface area contributed by atoms with Crippen LogP contribution < -0.4 is 4.72 Å². The van der Waals surface area contributed by atoms with E-state index in [1.165, 1.54) is 12.4 Å². The fraction of sp³-hybridized carbons (Fsp3) is 0. The normalized spacial score (nSPS) is 11.1. The number of benzene rings is 1. The van der Waals surface area contributed by atoms with E-state index >= 15 is 0 Å². The zero-order chi connectivity index (χ0) is 15.6. The molecular weight excluding hydrogens is 369 g/mol. The summed E-state index contributed by atoms with van der Waals surface area (Å²) in [4.78, 5) is 18.0. The predicted octanol–water partition coefficient (Wildman–Crippen LogP) is 1.88. The smallest absolute Gasteiger partial charge is 0.338 e. The number of sulfonamides is 1. The van der Waals surface area contributed by atoms with E-state index < -0.39 is 32.3 Å². The Bertz CT molecular complexity index is 796. The molecule has 0 spiro atoms. The van der Waals surface area contributed by atoms with E-state index in [1.807, 2.05) is 0 Å². The Kier molecular flexibility index (Phi) is 4.19. The molecule has 0 radical (unpaired) electrons. The van der Waals surface area contributed by atoms with Crippen LogP contribution in [0.3, 0.4) is 0 Å². The number of carboxylic acid groups (broad SMARTS) is 1. The zero-order valence-electron chi connectivity index (χ0n) is 10.1. The van der Waals surface area contributed by atoms with Crippen molar-refractivity contribution < 1.29 is 22.7 Å². The first-order valence-corrected chi connectivity index (χ1v) is 7.60. The molecule has 0 atom stereocenters. The lowest BCUT2D eigenvalue weighted by Gasteiger charge is -2.08. The van der Waals surface area contributed by atoms with Gasteiger partial charge in [-0.3, -0.25) is 4.72 Å². The first-order valence-electron chi connectivity index (χ1n) is 5.33.